The van der Waals surface area contributed by atoms with E-state index < -0.39 is 0 Å². The lowest BCUT2D eigenvalue weighted by molar-refractivity contribution is -0.121. The highest BCUT2D eigenvalue weighted by Gasteiger charge is 2.21. The lowest BCUT2D eigenvalue weighted by atomic mass is 9.94. The molecule has 1 aliphatic rings. The van der Waals surface area contributed by atoms with Gasteiger partial charge in [0.2, 0.25) is 5.91 Å². The van der Waals surface area contributed by atoms with Crippen LogP contribution < -0.4 is 10.9 Å². The quantitative estimate of drug-likeness (QED) is 0.501. The van der Waals surface area contributed by atoms with E-state index in [-0.39, 0.29) is 23.3 Å². The Morgan fingerprint density at radius 1 is 1.23 bits per heavy atom. The smallest absolute Gasteiger partial charge is 0.240 e. The average molecular weight is 352 g/mol. The molecule has 0 saturated heterocycles. The van der Waals surface area contributed by atoms with Gasteiger partial charge in [-0.25, -0.2) is 5.43 Å². The van der Waals surface area contributed by atoms with Gasteiger partial charge in [0.25, 0.3) is 0 Å². The number of nitrogens with one attached hydrogen (secondary N) is 2. The molecule has 7 heteroatoms. The number of carbonyl (C=O) groups excluding carboxylic acids is 1. The van der Waals surface area contributed by atoms with Crippen LogP contribution in [0, 0.1) is 5.92 Å². The molecule has 0 bridgehead atoms. The van der Waals surface area contributed by atoms with Gasteiger partial charge in [-0.2, -0.15) is 10.2 Å². The topological polar surface area (TPSA) is 106 Å². The highest BCUT2D eigenvalue weighted by atomic mass is 16.3. The molecule has 2 aromatic rings. The van der Waals surface area contributed by atoms with Gasteiger partial charge in [-0.05, 0) is 36.8 Å². The van der Waals surface area contributed by atoms with Crippen LogP contribution in [0.3, 0.4) is 0 Å². The Morgan fingerprint density at radius 3 is 2.62 bits per heavy atom. The summed E-state index contributed by atoms with van der Waals surface area (Å²) in [5.74, 6) is -0.0319. The van der Waals surface area contributed by atoms with Crippen LogP contribution >= 0.6 is 0 Å². The fourth-order valence-corrected chi connectivity index (χ4v) is 2.75. The summed E-state index contributed by atoms with van der Waals surface area (Å²) in [6.45, 7) is 3.73. The van der Waals surface area contributed by atoms with E-state index in [2.05, 4.69) is 21.1 Å². The summed E-state index contributed by atoms with van der Waals surface area (Å²) in [5.41, 5.74) is 9.14. The number of rotatable bonds is 4. The van der Waals surface area contributed by atoms with Gasteiger partial charge in [-0.1, -0.05) is 19.1 Å². The normalized spacial score (nSPS) is 17.5. The third-order valence-corrected chi connectivity index (χ3v) is 4.16. The molecule has 0 fully saturated rings. The summed E-state index contributed by atoms with van der Waals surface area (Å²) in [7, 11) is 0. The van der Waals surface area contributed by atoms with Gasteiger partial charge in [0.15, 0.2) is 0 Å². The molecule has 134 valence electrons. The average Bonchev–Trinajstić information content (AvgIpc) is 2.60. The van der Waals surface area contributed by atoms with Crippen LogP contribution in [0.5, 0.6) is 11.5 Å². The van der Waals surface area contributed by atoms with Gasteiger partial charge in [-0.3, -0.25) is 10.2 Å². The van der Waals surface area contributed by atoms with Crippen LogP contribution in [0.15, 0.2) is 52.7 Å². The first-order valence-electron chi connectivity index (χ1n) is 8.23. The molecule has 0 saturated carbocycles. The van der Waals surface area contributed by atoms with E-state index in [0.29, 0.717) is 17.7 Å². The molecule has 3 rings (SSSR count). The first kappa shape index (κ1) is 17.5. The minimum absolute atomic E-state index is 0.00126. The largest absolute Gasteiger partial charge is 0.508 e. The molecular weight excluding hydrogens is 332 g/mol. The molecule has 0 spiro atoms. The number of hydrogen-bond donors (Lipinski definition) is 4. The molecule has 26 heavy (non-hydrogen) atoms. The number of nitrogens with zero attached hydrogens (tertiary/aromatic N) is 2. The third kappa shape index (κ3) is 3.83. The lowest BCUT2D eigenvalue weighted by Crippen LogP contribution is -2.31. The summed E-state index contributed by atoms with van der Waals surface area (Å²) < 4.78 is 0. The molecule has 0 radical (unpaired) electrons. The van der Waals surface area contributed by atoms with Gasteiger partial charge < -0.3 is 10.2 Å². The van der Waals surface area contributed by atoms with Gasteiger partial charge in [0, 0.05) is 24.0 Å². The van der Waals surface area contributed by atoms with Crippen molar-refractivity contribution in [2.24, 2.45) is 16.1 Å². The molecule has 7 nitrogen and oxygen atoms in total. The number of aromatic hydroxyl groups is 2. The maximum Gasteiger partial charge on any atom is 0.240 e. The van der Waals surface area contributed by atoms with Crippen molar-refractivity contribution < 1.29 is 15.0 Å². The number of benzene rings is 2. The highest BCUT2D eigenvalue weighted by Crippen LogP contribution is 2.23. The number of amides is 1. The number of phenolic OH excluding ortho intramolecular Hbond substituents is 2. The second-order valence-electron chi connectivity index (χ2n) is 6.23. The van der Waals surface area contributed by atoms with Crippen molar-refractivity contribution in [1.82, 2.24) is 5.43 Å². The maximum absolute atomic E-state index is 11.3. The fraction of sp³-hybridized carbons (Fsp3) is 0.211. The molecule has 2 aromatic carbocycles. The first-order chi connectivity index (χ1) is 12.4. The van der Waals surface area contributed by atoms with Gasteiger partial charge in [0.1, 0.15) is 11.5 Å². The molecular formula is C19H20N4O3. The molecule has 1 atom stereocenters. The van der Waals surface area contributed by atoms with E-state index in [4.69, 9.17) is 0 Å². The van der Waals surface area contributed by atoms with Crippen molar-refractivity contribution in [2.75, 3.05) is 5.43 Å². The Kier molecular flexibility index (Phi) is 4.88. The molecule has 4 N–H and O–H groups in total. The maximum atomic E-state index is 11.3. The fourth-order valence-electron chi connectivity index (χ4n) is 2.75. The van der Waals surface area contributed by atoms with Crippen LogP contribution in [0.25, 0.3) is 0 Å². The van der Waals surface area contributed by atoms with Gasteiger partial charge >= 0.3 is 0 Å². The molecule has 1 amide bonds. The van der Waals surface area contributed by atoms with Crippen LogP contribution in [0.2, 0.25) is 0 Å². The summed E-state index contributed by atoms with van der Waals surface area (Å²) >= 11 is 0. The van der Waals surface area contributed by atoms with E-state index in [0.717, 1.165) is 17.0 Å². The van der Waals surface area contributed by atoms with Crippen LogP contribution in [0.1, 0.15) is 31.4 Å². The van der Waals surface area contributed by atoms with Crippen molar-refractivity contribution >= 4 is 23.0 Å². The van der Waals surface area contributed by atoms with Gasteiger partial charge in [-0.15, -0.1) is 0 Å². The summed E-state index contributed by atoms with van der Waals surface area (Å²) in [6.07, 6.45) is 0.429. The zero-order valence-corrected chi connectivity index (χ0v) is 14.5. The second-order valence-corrected chi connectivity index (χ2v) is 6.23. The van der Waals surface area contributed by atoms with E-state index in [1.54, 1.807) is 13.0 Å². The monoisotopic (exact) mass is 352 g/mol. The van der Waals surface area contributed by atoms with E-state index >= 15 is 0 Å². The predicted molar refractivity (Wildman–Crippen MR) is 101 cm³/mol. The van der Waals surface area contributed by atoms with Crippen molar-refractivity contribution in [3.63, 3.8) is 0 Å². The lowest BCUT2D eigenvalue weighted by Gasteiger charge is -2.19. The molecule has 0 aromatic heterocycles. The van der Waals surface area contributed by atoms with Crippen molar-refractivity contribution in [1.29, 1.82) is 0 Å². The Balaban J connectivity index is 1.72. The summed E-state index contributed by atoms with van der Waals surface area (Å²) in [6, 6.07) is 11.9. The number of hydrogen-bond acceptors (Lipinski definition) is 6. The Hall–Kier alpha value is -3.35. The molecule has 0 aliphatic carbocycles. The zero-order chi connectivity index (χ0) is 18.7. The van der Waals surface area contributed by atoms with Gasteiger partial charge in [0.05, 0.1) is 17.1 Å². The first-order valence-corrected chi connectivity index (χ1v) is 8.23. The zero-order valence-electron chi connectivity index (χ0n) is 14.5. The molecule has 1 aliphatic heterocycles. The van der Waals surface area contributed by atoms with E-state index in [1.165, 1.54) is 12.1 Å². The van der Waals surface area contributed by atoms with Crippen LogP contribution in [0.4, 0.5) is 5.69 Å². The Labute approximate surface area is 151 Å². The third-order valence-electron chi connectivity index (χ3n) is 4.16. The number of anilines is 1. The summed E-state index contributed by atoms with van der Waals surface area (Å²) in [4.78, 5) is 11.3. The Morgan fingerprint density at radius 2 is 1.96 bits per heavy atom. The number of hydrazone groups is 2. The second kappa shape index (κ2) is 7.26. The van der Waals surface area contributed by atoms with E-state index in [1.807, 2.05) is 31.2 Å². The molecule has 1 heterocycles. The van der Waals surface area contributed by atoms with Crippen molar-refractivity contribution in [3.05, 3.63) is 53.6 Å². The van der Waals surface area contributed by atoms with Crippen molar-refractivity contribution in [2.45, 2.75) is 20.3 Å². The standard InChI is InChI=1S/C19H20N4O3/c1-11-9-18(26)22-23-19(11)13-3-5-14(6-4-13)21-20-12(2)16-8-7-15(24)10-17(16)25/h3-8,10-11,21,24-25H,9H2,1-2H3,(H,22,26)/b20-12-. The molecule has 1 unspecified atom stereocenters. The minimum Gasteiger partial charge on any atom is -0.508 e. The summed E-state index contributed by atoms with van der Waals surface area (Å²) in [5, 5.41) is 27.6. The SMILES string of the molecule is C/C(=N/Nc1ccc(C2=NNC(=O)CC2C)cc1)c1ccc(O)cc1O. The Bertz CT molecular complexity index is 888. The predicted octanol–water partition coefficient (Wildman–Crippen LogP) is 2.79. The van der Waals surface area contributed by atoms with Crippen LogP contribution in [-0.4, -0.2) is 27.5 Å². The van der Waals surface area contributed by atoms with Crippen LogP contribution in [-0.2, 0) is 4.79 Å². The number of phenols is 2. The highest BCUT2D eigenvalue weighted by molar-refractivity contribution is 6.06. The van der Waals surface area contributed by atoms with E-state index in [9.17, 15) is 15.0 Å². The number of carbonyl (C=O) groups is 1. The minimum atomic E-state index is -0.0677. The van der Waals surface area contributed by atoms with Crippen molar-refractivity contribution in [3.8, 4) is 11.5 Å².